The minimum atomic E-state index is 0.799. The normalized spacial score (nSPS) is 17.8. The maximum absolute atomic E-state index is 6.06. The van der Waals surface area contributed by atoms with Crippen LogP contribution in [0.4, 0.5) is 0 Å². The van der Waals surface area contributed by atoms with E-state index in [4.69, 9.17) is 4.74 Å². The molecule has 0 N–H and O–H groups in total. The zero-order valence-electron chi connectivity index (χ0n) is 14.1. The summed E-state index contributed by atoms with van der Waals surface area (Å²) in [5.74, 6) is 1.00. The summed E-state index contributed by atoms with van der Waals surface area (Å²) in [6.07, 6.45) is 9.55. The van der Waals surface area contributed by atoms with Gasteiger partial charge in [0.15, 0.2) is 0 Å². The Bertz CT molecular complexity index is 704. The average Bonchev–Trinajstić information content (AvgIpc) is 3.23. The van der Waals surface area contributed by atoms with E-state index in [1.807, 2.05) is 0 Å². The summed E-state index contributed by atoms with van der Waals surface area (Å²) in [5.41, 5.74) is 5.28. The lowest BCUT2D eigenvalue weighted by Gasteiger charge is -2.15. The van der Waals surface area contributed by atoms with Crippen molar-refractivity contribution in [1.82, 2.24) is 9.88 Å². The van der Waals surface area contributed by atoms with Crippen LogP contribution in [-0.4, -0.2) is 36.1 Å². The van der Waals surface area contributed by atoms with Gasteiger partial charge < -0.3 is 9.64 Å². The van der Waals surface area contributed by atoms with Crippen molar-refractivity contribution >= 4 is 10.9 Å². The van der Waals surface area contributed by atoms with Gasteiger partial charge in [-0.3, -0.25) is 4.98 Å². The van der Waals surface area contributed by atoms with Crippen LogP contribution in [0.25, 0.3) is 10.9 Å². The summed E-state index contributed by atoms with van der Waals surface area (Å²) in [6, 6.07) is 4.42. The molecular formula is C20H26N2O. The van der Waals surface area contributed by atoms with Crippen molar-refractivity contribution in [1.29, 1.82) is 0 Å². The van der Waals surface area contributed by atoms with Crippen molar-refractivity contribution in [2.75, 3.05) is 26.2 Å². The molecule has 0 bridgehead atoms. The van der Waals surface area contributed by atoms with Gasteiger partial charge in [0, 0.05) is 24.2 Å². The molecule has 2 aromatic rings. The van der Waals surface area contributed by atoms with E-state index in [2.05, 4.69) is 35.1 Å². The molecule has 2 heterocycles. The highest BCUT2D eigenvalue weighted by Crippen LogP contribution is 2.32. The number of hydrogen-bond donors (Lipinski definition) is 0. The van der Waals surface area contributed by atoms with Gasteiger partial charge in [-0.2, -0.15) is 0 Å². The van der Waals surface area contributed by atoms with Gasteiger partial charge >= 0.3 is 0 Å². The molecule has 4 rings (SSSR count). The standard InChI is InChI=1S/C20H26N2O/c1-15-12-18-17-7-4-6-16(17)14-21-19(18)13-20(15)23-11-5-10-22-8-2-3-9-22/h12-14H,2-11H2,1H3. The SMILES string of the molecule is Cc1cc2c3c(cnc2cc1OCCCN1CCCC1)CCC3. The van der Waals surface area contributed by atoms with Crippen molar-refractivity contribution in [2.24, 2.45) is 0 Å². The minimum Gasteiger partial charge on any atom is -0.493 e. The Hall–Kier alpha value is -1.61. The van der Waals surface area contributed by atoms with Crippen molar-refractivity contribution in [3.8, 4) is 5.75 Å². The van der Waals surface area contributed by atoms with Gasteiger partial charge in [-0.05, 0) is 81.3 Å². The number of rotatable bonds is 5. The molecule has 1 fully saturated rings. The lowest BCUT2D eigenvalue weighted by Crippen LogP contribution is -2.21. The topological polar surface area (TPSA) is 25.4 Å². The summed E-state index contributed by atoms with van der Waals surface area (Å²) in [6.45, 7) is 6.66. The van der Waals surface area contributed by atoms with Crippen LogP contribution in [0.5, 0.6) is 5.75 Å². The Labute approximate surface area is 138 Å². The Kier molecular flexibility index (Phi) is 4.21. The zero-order chi connectivity index (χ0) is 15.6. The molecule has 1 aromatic heterocycles. The largest absolute Gasteiger partial charge is 0.493 e. The van der Waals surface area contributed by atoms with E-state index < -0.39 is 0 Å². The number of pyridine rings is 1. The first kappa shape index (κ1) is 14.9. The van der Waals surface area contributed by atoms with Crippen LogP contribution < -0.4 is 4.74 Å². The number of nitrogens with zero attached hydrogens (tertiary/aromatic N) is 2. The Morgan fingerprint density at radius 1 is 1.13 bits per heavy atom. The summed E-state index contributed by atoms with van der Waals surface area (Å²) < 4.78 is 6.06. The highest BCUT2D eigenvalue weighted by atomic mass is 16.5. The molecule has 0 unspecified atom stereocenters. The second kappa shape index (κ2) is 6.48. The molecule has 0 spiro atoms. The molecule has 1 aliphatic carbocycles. The van der Waals surface area contributed by atoms with E-state index in [1.165, 1.54) is 73.8 Å². The monoisotopic (exact) mass is 310 g/mol. The van der Waals surface area contributed by atoms with Crippen LogP contribution >= 0.6 is 0 Å². The van der Waals surface area contributed by atoms with E-state index in [1.54, 1.807) is 0 Å². The fourth-order valence-electron chi connectivity index (χ4n) is 4.02. The van der Waals surface area contributed by atoms with Crippen molar-refractivity contribution in [3.63, 3.8) is 0 Å². The van der Waals surface area contributed by atoms with E-state index >= 15 is 0 Å². The van der Waals surface area contributed by atoms with Crippen molar-refractivity contribution < 1.29 is 4.74 Å². The third-order valence-corrected chi connectivity index (χ3v) is 5.31. The second-order valence-electron chi connectivity index (χ2n) is 7.00. The van der Waals surface area contributed by atoms with Gasteiger partial charge in [-0.1, -0.05) is 0 Å². The number of aromatic nitrogens is 1. The van der Waals surface area contributed by atoms with Crippen LogP contribution in [0.15, 0.2) is 18.3 Å². The number of fused-ring (bicyclic) bond motifs is 3. The van der Waals surface area contributed by atoms with Crippen LogP contribution in [0.1, 0.15) is 42.4 Å². The first-order chi connectivity index (χ1) is 11.3. The molecule has 23 heavy (non-hydrogen) atoms. The molecule has 1 aromatic carbocycles. The molecule has 0 atom stereocenters. The summed E-state index contributed by atoms with van der Waals surface area (Å²) in [5, 5.41) is 1.34. The van der Waals surface area contributed by atoms with Gasteiger partial charge in [0.2, 0.25) is 0 Å². The molecule has 2 aliphatic rings. The fourth-order valence-corrected chi connectivity index (χ4v) is 4.02. The third kappa shape index (κ3) is 3.07. The van der Waals surface area contributed by atoms with E-state index in [-0.39, 0.29) is 0 Å². The Morgan fingerprint density at radius 3 is 2.87 bits per heavy atom. The molecule has 122 valence electrons. The van der Waals surface area contributed by atoms with Crippen LogP contribution in [0.2, 0.25) is 0 Å². The molecule has 0 radical (unpaired) electrons. The van der Waals surface area contributed by atoms with Gasteiger partial charge in [0.1, 0.15) is 5.75 Å². The highest BCUT2D eigenvalue weighted by Gasteiger charge is 2.16. The summed E-state index contributed by atoms with van der Waals surface area (Å²) >= 11 is 0. The fraction of sp³-hybridized carbons (Fsp3) is 0.550. The van der Waals surface area contributed by atoms with E-state index in [0.29, 0.717) is 0 Å². The number of likely N-dealkylation sites (tertiary alicyclic amines) is 1. The number of benzene rings is 1. The van der Waals surface area contributed by atoms with Gasteiger partial charge in [-0.15, -0.1) is 0 Å². The Balaban J connectivity index is 1.45. The maximum Gasteiger partial charge on any atom is 0.124 e. The molecule has 3 nitrogen and oxygen atoms in total. The smallest absolute Gasteiger partial charge is 0.124 e. The van der Waals surface area contributed by atoms with Crippen molar-refractivity contribution in [3.05, 3.63) is 35.0 Å². The zero-order valence-corrected chi connectivity index (χ0v) is 14.1. The number of aryl methyl sites for hydroxylation is 3. The van der Waals surface area contributed by atoms with Crippen LogP contribution in [-0.2, 0) is 12.8 Å². The average molecular weight is 310 g/mol. The molecular weight excluding hydrogens is 284 g/mol. The first-order valence-electron chi connectivity index (χ1n) is 9.07. The highest BCUT2D eigenvalue weighted by molar-refractivity contribution is 5.86. The molecule has 0 amide bonds. The second-order valence-corrected chi connectivity index (χ2v) is 7.00. The van der Waals surface area contributed by atoms with Gasteiger partial charge in [-0.25, -0.2) is 0 Å². The molecule has 1 saturated heterocycles. The van der Waals surface area contributed by atoms with E-state index in [0.717, 1.165) is 24.3 Å². The maximum atomic E-state index is 6.06. The third-order valence-electron chi connectivity index (χ3n) is 5.31. The quantitative estimate of drug-likeness (QED) is 0.783. The lowest BCUT2D eigenvalue weighted by atomic mass is 10.0. The summed E-state index contributed by atoms with van der Waals surface area (Å²) in [4.78, 5) is 7.20. The number of ether oxygens (including phenoxy) is 1. The summed E-state index contributed by atoms with van der Waals surface area (Å²) in [7, 11) is 0. The van der Waals surface area contributed by atoms with E-state index in [9.17, 15) is 0 Å². The lowest BCUT2D eigenvalue weighted by molar-refractivity contribution is 0.262. The molecule has 1 aliphatic heterocycles. The first-order valence-corrected chi connectivity index (χ1v) is 9.07. The molecule has 3 heteroatoms. The minimum absolute atomic E-state index is 0.799. The predicted molar refractivity (Wildman–Crippen MR) is 94.3 cm³/mol. The number of hydrogen-bond acceptors (Lipinski definition) is 3. The van der Waals surface area contributed by atoms with Crippen LogP contribution in [0, 0.1) is 6.92 Å². The van der Waals surface area contributed by atoms with Crippen molar-refractivity contribution in [2.45, 2.75) is 45.4 Å². The van der Waals surface area contributed by atoms with Crippen LogP contribution in [0.3, 0.4) is 0 Å². The predicted octanol–water partition coefficient (Wildman–Crippen LogP) is 3.90. The molecule has 0 saturated carbocycles. The van der Waals surface area contributed by atoms with Gasteiger partial charge in [0.25, 0.3) is 0 Å². The van der Waals surface area contributed by atoms with Gasteiger partial charge in [0.05, 0.1) is 12.1 Å². The Morgan fingerprint density at radius 2 is 2.00 bits per heavy atom.